The van der Waals surface area contributed by atoms with Crippen molar-refractivity contribution < 1.29 is 0 Å². The van der Waals surface area contributed by atoms with Crippen molar-refractivity contribution in [1.29, 1.82) is 0 Å². The van der Waals surface area contributed by atoms with Gasteiger partial charge in [-0.25, -0.2) is 5.01 Å². The predicted octanol–water partition coefficient (Wildman–Crippen LogP) is 0.147. The third-order valence-corrected chi connectivity index (χ3v) is 3.07. The number of rotatable bonds is 3. The van der Waals surface area contributed by atoms with Crippen molar-refractivity contribution >= 4 is 0 Å². The number of aromatic nitrogens is 1. The number of hydrogen-bond acceptors (Lipinski definition) is 4. The Morgan fingerprint density at radius 1 is 1.53 bits per heavy atom. The zero-order valence-corrected chi connectivity index (χ0v) is 8.84. The molecule has 2 unspecified atom stereocenters. The molecule has 0 saturated carbocycles. The summed E-state index contributed by atoms with van der Waals surface area (Å²) in [5.41, 5.74) is 6.90. The van der Waals surface area contributed by atoms with E-state index in [1.807, 2.05) is 17.3 Å². The summed E-state index contributed by atoms with van der Waals surface area (Å²) >= 11 is 0. The van der Waals surface area contributed by atoms with E-state index in [9.17, 15) is 0 Å². The van der Waals surface area contributed by atoms with Crippen molar-refractivity contribution in [2.75, 3.05) is 13.1 Å². The highest BCUT2D eigenvalue weighted by Gasteiger charge is 2.28. The van der Waals surface area contributed by atoms with Gasteiger partial charge in [0.15, 0.2) is 0 Å². The maximum absolute atomic E-state index is 5.95. The molecule has 0 bridgehead atoms. The Morgan fingerprint density at radius 2 is 2.40 bits per heavy atom. The third-order valence-electron chi connectivity index (χ3n) is 3.07. The van der Waals surface area contributed by atoms with Gasteiger partial charge in [0.05, 0.1) is 0 Å². The lowest BCUT2D eigenvalue weighted by atomic mass is 10.0. The number of nitrogens with two attached hydrogens (primary N) is 2. The van der Waals surface area contributed by atoms with E-state index in [1.165, 1.54) is 5.56 Å². The minimum absolute atomic E-state index is 0.419. The van der Waals surface area contributed by atoms with Crippen LogP contribution in [-0.4, -0.2) is 29.1 Å². The largest absolute Gasteiger partial charge is 0.330 e. The van der Waals surface area contributed by atoms with E-state index < -0.39 is 0 Å². The first kappa shape index (κ1) is 10.5. The summed E-state index contributed by atoms with van der Waals surface area (Å²) in [6, 6.07) is 4.48. The highest BCUT2D eigenvalue weighted by atomic mass is 15.4. The highest BCUT2D eigenvalue weighted by molar-refractivity contribution is 5.10. The molecule has 2 atom stereocenters. The molecular formula is C11H18N4. The Morgan fingerprint density at radius 3 is 3.00 bits per heavy atom. The number of pyridine rings is 1. The van der Waals surface area contributed by atoms with E-state index in [4.69, 9.17) is 11.6 Å². The van der Waals surface area contributed by atoms with E-state index in [-0.39, 0.29) is 0 Å². The number of hydrazine groups is 1. The Balaban J connectivity index is 1.96. The molecule has 2 heterocycles. The molecule has 0 aliphatic carbocycles. The molecule has 0 amide bonds. The second-order valence-corrected chi connectivity index (χ2v) is 4.25. The zero-order valence-electron chi connectivity index (χ0n) is 8.84. The van der Waals surface area contributed by atoms with Crippen LogP contribution in [0.1, 0.15) is 12.0 Å². The topological polar surface area (TPSA) is 68.2 Å². The SMILES string of the molecule is NCC1CC(Cc2cccnc2)N(N)C1. The van der Waals surface area contributed by atoms with Gasteiger partial charge in [-0.1, -0.05) is 6.07 Å². The van der Waals surface area contributed by atoms with Gasteiger partial charge < -0.3 is 5.73 Å². The lowest BCUT2D eigenvalue weighted by molar-refractivity contribution is 0.257. The van der Waals surface area contributed by atoms with Gasteiger partial charge in [0.2, 0.25) is 0 Å². The molecule has 4 N–H and O–H groups in total. The van der Waals surface area contributed by atoms with Gasteiger partial charge in [0.25, 0.3) is 0 Å². The smallest absolute Gasteiger partial charge is 0.0300 e. The number of nitrogens with zero attached hydrogens (tertiary/aromatic N) is 2. The molecule has 0 radical (unpaired) electrons. The van der Waals surface area contributed by atoms with Crippen LogP contribution in [0.3, 0.4) is 0 Å². The van der Waals surface area contributed by atoms with Crippen LogP contribution in [0.5, 0.6) is 0 Å². The Labute approximate surface area is 90.2 Å². The molecule has 0 aromatic carbocycles. The van der Waals surface area contributed by atoms with Crippen LogP contribution < -0.4 is 11.6 Å². The fourth-order valence-corrected chi connectivity index (χ4v) is 2.20. The molecule has 4 heteroatoms. The predicted molar refractivity (Wildman–Crippen MR) is 59.8 cm³/mol. The summed E-state index contributed by atoms with van der Waals surface area (Å²) < 4.78 is 0. The molecule has 82 valence electrons. The van der Waals surface area contributed by atoms with Gasteiger partial charge in [0, 0.05) is 25.0 Å². The average molecular weight is 206 g/mol. The highest BCUT2D eigenvalue weighted by Crippen LogP contribution is 2.22. The summed E-state index contributed by atoms with van der Waals surface area (Å²) in [6.07, 6.45) is 5.77. The number of hydrogen-bond donors (Lipinski definition) is 2. The van der Waals surface area contributed by atoms with Crippen LogP contribution in [0.2, 0.25) is 0 Å². The first-order valence-electron chi connectivity index (χ1n) is 5.40. The average Bonchev–Trinajstić information content (AvgIpc) is 2.61. The Kier molecular flexibility index (Phi) is 3.30. The molecule has 2 rings (SSSR count). The van der Waals surface area contributed by atoms with E-state index in [1.54, 1.807) is 6.20 Å². The van der Waals surface area contributed by atoms with E-state index in [0.717, 1.165) is 25.9 Å². The molecule has 1 aliphatic heterocycles. The van der Waals surface area contributed by atoms with Gasteiger partial charge in [-0.2, -0.15) is 0 Å². The fraction of sp³-hybridized carbons (Fsp3) is 0.545. The summed E-state index contributed by atoms with van der Waals surface area (Å²) in [4.78, 5) is 4.11. The summed E-state index contributed by atoms with van der Waals surface area (Å²) in [5, 5.41) is 1.92. The first-order chi connectivity index (χ1) is 7.29. The van der Waals surface area contributed by atoms with E-state index in [2.05, 4.69) is 11.1 Å². The van der Waals surface area contributed by atoms with Gasteiger partial charge in [-0.3, -0.25) is 10.8 Å². The van der Waals surface area contributed by atoms with Crippen molar-refractivity contribution in [3.05, 3.63) is 30.1 Å². The van der Waals surface area contributed by atoms with Gasteiger partial charge in [-0.15, -0.1) is 0 Å². The normalized spacial score (nSPS) is 27.1. The van der Waals surface area contributed by atoms with Gasteiger partial charge >= 0.3 is 0 Å². The molecule has 15 heavy (non-hydrogen) atoms. The van der Waals surface area contributed by atoms with Crippen LogP contribution in [0.25, 0.3) is 0 Å². The van der Waals surface area contributed by atoms with Crippen LogP contribution in [0.4, 0.5) is 0 Å². The standard InChI is InChI=1S/C11H18N4/c12-6-10-5-11(15(13)8-10)4-9-2-1-3-14-7-9/h1-3,7,10-11H,4-6,8,12-13H2. The minimum Gasteiger partial charge on any atom is -0.330 e. The monoisotopic (exact) mass is 206 g/mol. The summed E-state index contributed by atoms with van der Waals surface area (Å²) in [7, 11) is 0. The summed E-state index contributed by atoms with van der Waals surface area (Å²) in [5.74, 6) is 6.50. The molecule has 4 nitrogen and oxygen atoms in total. The van der Waals surface area contributed by atoms with Crippen LogP contribution in [0.15, 0.2) is 24.5 Å². The van der Waals surface area contributed by atoms with E-state index >= 15 is 0 Å². The van der Waals surface area contributed by atoms with E-state index in [0.29, 0.717) is 12.0 Å². The molecule has 1 aromatic rings. The second-order valence-electron chi connectivity index (χ2n) is 4.25. The lowest BCUT2D eigenvalue weighted by Gasteiger charge is -2.18. The molecular weight excluding hydrogens is 188 g/mol. The lowest BCUT2D eigenvalue weighted by Crippen LogP contribution is -2.37. The van der Waals surface area contributed by atoms with Crippen molar-refractivity contribution in [2.24, 2.45) is 17.5 Å². The van der Waals surface area contributed by atoms with Crippen LogP contribution >= 0.6 is 0 Å². The van der Waals surface area contributed by atoms with Crippen LogP contribution in [0, 0.1) is 5.92 Å². The zero-order chi connectivity index (χ0) is 10.7. The Hall–Kier alpha value is -0.970. The maximum Gasteiger partial charge on any atom is 0.0300 e. The summed E-state index contributed by atoms with van der Waals surface area (Å²) in [6.45, 7) is 1.65. The van der Waals surface area contributed by atoms with Gasteiger partial charge in [-0.05, 0) is 36.9 Å². The van der Waals surface area contributed by atoms with Crippen molar-refractivity contribution in [3.63, 3.8) is 0 Å². The third kappa shape index (κ3) is 2.53. The maximum atomic E-state index is 5.95. The fourth-order valence-electron chi connectivity index (χ4n) is 2.20. The second kappa shape index (κ2) is 4.70. The minimum atomic E-state index is 0.419. The Bertz CT molecular complexity index is 301. The molecule has 1 saturated heterocycles. The van der Waals surface area contributed by atoms with Crippen molar-refractivity contribution in [1.82, 2.24) is 9.99 Å². The quantitative estimate of drug-likeness (QED) is 0.691. The van der Waals surface area contributed by atoms with Gasteiger partial charge in [0.1, 0.15) is 0 Å². The molecule has 1 aliphatic rings. The molecule has 0 spiro atoms. The van der Waals surface area contributed by atoms with Crippen LogP contribution in [-0.2, 0) is 6.42 Å². The van der Waals surface area contributed by atoms with Crippen molar-refractivity contribution in [2.45, 2.75) is 18.9 Å². The molecule has 1 fully saturated rings. The first-order valence-corrected chi connectivity index (χ1v) is 5.40. The van der Waals surface area contributed by atoms with Crippen molar-refractivity contribution in [3.8, 4) is 0 Å². The molecule has 1 aromatic heterocycles.